The quantitative estimate of drug-likeness (QED) is 0.575. The van der Waals surface area contributed by atoms with Gasteiger partial charge in [0.2, 0.25) is 0 Å². The standard InChI is InChI=1S/C12H14O5/c1-8(14)17-7-9-4-10(15-2)5-12(16-3)11(9)6-13/h4-6H,7H2,1-3H3. The fourth-order valence-electron chi connectivity index (χ4n) is 1.38. The average molecular weight is 238 g/mol. The van der Waals surface area contributed by atoms with Crippen molar-refractivity contribution in [3.8, 4) is 11.5 Å². The molecule has 0 saturated carbocycles. The van der Waals surface area contributed by atoms with Gasteiger partial charge in [0.05, 0.1) is 19.8 Å². The van der Waals surface area contributed by atoms with Crippen LogP contribution in [0.5, 0.6) is 11.5 Å². The van der Waals surface area contributed by atoms with Crippen LogP contribution >= 0.6 is 0 Å². The van der Waals surface area contributed by atoms with Crippen molar-refractivity contribution in [1.29, 1.82) is 0 Å². The Balaban J connectivity index is 3.14. The molecule has 0 heterocycles. The monoisotopic (exact) mass is 238 g/mol. The molecule has 0 aliphatic heterocycles. The van der Waals surface area contributed by atoms with Gasteiger partial charge in [0.15, 0.2) is 6.29 Å². The third kappa shape index (κ3) is 3.21. The summed E-state index contributed by atoms with van der Waals surface area (Å²) in [6.45, 7) is 1.31. The van der Waals surface area contributed by atoms with Gasteiger partial charge in [0.25, 0.3) is 0 Å². The minimum atomic E-state index is -0.413. The van der Waals surface area contributed by atoms with Crippen molar-refractivity contribution in [1.82, 2.24) is 0 Å². The number of ether oxygens (including phenoxy) is 3. The van der Waals surface area contributed by atoms with E-state index in [0.717, 1.165) is 0 Å². The lowest BCUT2D eigenvalue weighted by Gasteiger charge is -2.12. The first-order valence-corrected chi connectivity index (χ1v) is 4.95. The number of esters is 1. The summed E-state index contributed by atoms with van der Waals surface area (Å²) in [6, 6.07) is 3.23. The summed E-state index contributed by atoms with van der Waals surface area (Å²) >= 11 is 0. The van der Waals surface area contributed by atoms with Gasteiger partial charge in [-0.1, -0.05) is 0 Å². The number of benzene rings is 1. The maximum absolute atomic E-state index is 11.0. The summed E-state index contributed by atoms with van der Waals surface area (Å²) in [5.74, 6) is 0.514. The predicted octanol–water partition coefficient (Wildman–Crippen LogP) is 1.58. The number of hydrogen-bond acceptors (Lipinski definition) is 5. The molecule has 0 amide bonds. The van der Waals surface area contributed by atoms with Crippen molar-refractivity contribution in [2.75, 3.05) is 14.2 Å². The molecule has 0 atom stereocenters. The highest BCUT2D eigenvalue weighted by atomic mass is 16.5. The largest absolute Gasteiger partial charge is 0.497 e. The summed E-state index contributed by atoms with van der Waals surface area (Å²) in [5.41, 5.74) is 0.904. The van der Waals surface area contributed by atoms with E-state index in [1.54, 1.807) is 12.1 Å². The molecular weight excluding hydrogens is 224 g/mol. The van der Waals surface area contributed by atoms with E-state index in [0.29, 0.717) is 28.9 Å². The van der Waals surface area contributed by atoms with Gasteiger partial charge >= 0.3 is 5.97 Å². The van der Waals surface area contributed by atoms with E-state index in [9.17, 15) is 9.59 Å². The van der Waals surface area contributed by atoms with Crippen LogP contribution in [-0.4, -0.2) is 26.5 Å². The summed E-state index contributed by atoms with van der Waals surface area (Å²) in [7, 11) is 2.96. The number of rotatable bonds is 5. The first kappa shape index (κ1) is 13.0. The second-order valence-electron chi connectivity index (χ2n) is 3.30. The first-order valence-electron chi connectivity index (χ1n) is 4.95. The van der Waals surface area contributed by atoms with E-state index in [1.807, 2.05) is 0 Å². The molecule has 0 aliphatic carbocycles. The molecule has 1 aromatic rings. The molecular formula is C12H14O5. The van der Waals surface area contributed by atoms with Crippen LogP contribution in [0.3, 0.4) is 0 Å². The third-order valence-corrected chi connectivity index (χ3v) is 2.21. The predicted molar refractivity (Wildman–Crippen MR) is 60.4 cm³/mol. The molecule has 1 rings (SSSR count). The lowest BCUT2D eigenvalue weighted by molar-refractivity contribution is -0.142. The topological polar surface area (TPSA) is 61.8 Å². The van der Waals surface area contributed by atoms with Crippen molar-refractivity contribution >= 4 is 12.3 Å². The number of carbonyl (C=O) groups excluding carboxylic acids is 2. The minimum absolute atomic E-state index is 0.0109. The Morgan fingerprint density at radius 3 is 2.47 bits per heavy atom. The first-order chi connectivity index (χ1) is 8.12. The van der Waals surface area contributed by atoms with Gasteiger partial charge in [0.1, 0.15) is 18.1 Å². The maximum atomic E-state index is 11.0. The number of methoxy groups -OCH3 is 2. The molecule has 0 spiro atoms. The molecule has 0 bridgehead atoms. The van der Waals surface area contributed by atoms with Crippen molar-refractivity contribution in [2.45, 2.75) is 13.5 Å². The highest BCUT2D eigenvalue weighted by molar-refractivity contribution is 5.82. The molecule has 17 heavy (non-hydrogen) atoms. The minimum Gasteiger partial charge on any atom is -0.497 e. The molecule has 5 nitrogen and oxygen atoms in total. The van der Waals surface area contributed by atoms with Gasteiger partial charge < -0.3 is 14.2 Å². The second kappa shape index (κ2) is 5.89. The molecule has 0 unspecified atom stereocenters. The number of hydrogen-bond donors (Lipinski definition) is 0. The van der Waals surface area contributed by atoms with E-state index in [2.05, 4.69) is 0 Å². The van der Waals surface area contributed by atoms with E-state index in [-0.39, 0.29) is 6.61 Å². The van der Waals surface area contributed by atoms with Gasteiger partial charge in [-0.25, -0.2) is 0 Å². The molecule has 0 N–H and O–H groups in total. The van der Waals surface area contributed by atoms with Crippen molar-refractivity contribution in [3.63, 3.8) is 0 Å². The Morgan fingerprint density at radius 2 is 2.00 bits per heavy atom. The van der Waals surface area contributed by atoms with E-state index < -0.39 is 5.97 Å². The maximum Gasteiger partial charge on any atom is 0.302 e. The number of carbonyl (C=O) groups is 2. The second-order valence-corrected chi connectivity index (χ2v) is 3.30. The summed E-state index contributed by atoms with van der Waals surface area (Å²) in [6.07, 6.45) is 0.664. The van der Waals surface area contributed by atoms with Gasteiger partial charge in [0, 0.05) is 18.6 Å². The van der Waals surface area contributed by atoms with Crippen LogP contribution in [0.25, 0.3) is 0 Å². The lowest BCUT2D eigenvalue weighted by atomic mass is 10.1. The Morgan fingerprint density at radius 1 is 1.29 bits per heavy atom. The van der Waals surface area contributed by atoms with Crippen LogP contribution in [0, 0.1) is 0 Å². The summed E-state index contributed by atoms with van der Waals surface area (Å²) in [4.78, 5) is 21.7. The highest BCUT2D eigenvalue weighted by Crippen LogP contribution is 2.28. The molecule has 0 radical (unpaired) electrons. The van der Waals surface area contributed by atoms with Gasteiger partial charge in [-0.15, -0.1) is 0 Å². The Hall–Kier alpha value is -2.04. The molecule has 1 aromatic carbocycles. The molecule has 0 fully saturated rings. The van der Waals surface area contributed by atoms with Crippen LogP contribution in [0.15, 0.2) is 12.1 Å². The fourth-order valence-corrected chi connectivity index (χ4v) is 1.38. The lowest BCUT2D eigenvalue weighted by Crippen LogP contribution is -2.04. The molecule has 0 saturated heterocycles. The summed E-state index contributed by atoms with van der Waals surface area (Å²) < 4.78 is 15.0. The molecule has 0 aromatic heterocycles. The Kier molecular flexibility index (Phi) is 4.51. The fraction of sp³-hybridized carbons (Fsp3) is 0.333. The van der Waals surface area contributed by atoms with Crippen LogP contribution in [0.4, 0.5) is 0 Å². The zero-order valence-corrected chi connectivity index (χ0v) is 9.98. The van der Waals surface area contributed by atoms with Crippen molar-refractivity contribution in [2.24, 2.45) is 0 Å². The Labute approximate surface area is 99.3 Å². The molecule has 5 heteroatoms. The average Bonchev–Trinajstić information content (AvgIpc) is 2.34. The van der Waals surface area contributed by atoms with Gasteiger partial charge in [-0.05, 0) is 6.07 Å². The zero-order chi connectivity index (χ0) is 12.8. The smallest absolute Gasteiger partial charge is 0.302 e. The van der Waals surface area contributed by atoms with Crippen LogP contribution in [0.2, 0.25) is 0 Å². The molecule has 92 valence electrons. The van der Waals surface area contributed by atoms with E-state index >= 15 is 0 Å². The highest BCUT2D eigenvalue weighted by Gasteiger charge is 2.12. The van der Waals surface area contributed by atoms with Crippen molar-refractivity contribution < 1.29 is 23.8 Å². The van der Waals surface area contributed by atoms with Crippen LogP contribution in [-0.2, 0) is 16.1 Å². The van der Waals surface area contributed by atoms with Gasteiger partial charge in [-0.2, -0.15) is 0 Å². The van der Waals surface area contributed by atoms with Crippen LogP contribution in [0.1, 0.15) is 22.8 Å². The Bertz CT molecular complexity index is 425. The molecule has 0 aliphatic rings. The zero-order valence-electron chi connectivity index (χ0n) is 9.98. The third-order valence-electron chi connectivity index (χ3n) is 2.21. The van der Waals surface area contributed by atoms with Crippen LogP contribution < -0.4 is 9.47 Å². The van der Waals surface area contributed by atoms with E-state index in [1.165, 1.54) is 21.1 Å². The van der Waals surface area contributed by atoms with Gasteiger partial charge in [-0.3, -0.25) is 9.59 Å². The van der Waals surface area contributed by atoms with Crippen molar-refractivity contribution in [3.05, 3.63) is 23.3 Å². The SMILES string of the molecule is COc1cc(COC(C)=O)c(C=O)c(OC)c1. The summed E-state index contributed by atoms with van der Waals surface area (Å²) in [5, 5.41) is 0. The normalized spacial score (nSPS) is 9.59. The van der Waals surface area contributed by atoms with E-state index in [4.69, 9.17) is 14.2 Å². The number of aldehydes is 1.